The van der Waals surface area contributed by atoms with Crippen LogP contribution in [-0.2, 0) is 4.74 Å². The first kappa shape index (κ1) is 13.9. The predicted octanol–water partition coefficient (Wildman–Crippen LogP) is 3.40. The molecule has 0 N–H and O–H groups in total. The molecule has 0 radical (unpaired) electrons. The molecule has 0 aliphatic rings. The summed E-state index contributed by atoms with van der Waals surface area (Å²) in [5.74, 6) is 0. The second-order valence-electron chi connectivity index (χ2n) is 4.35. The molecule has 1 atom stereocenters. The highest BCUT2D eigenvalue weighted by Gasteiger charge is 2.06. The molecule has 17 heavy (non-hydrogen) atoms. The first-order valence-electron chi connectivity index (χ1n) is 6.25. The number of hydrogen-bond acceptors (Lipinski definition) is 2. The highest BCUT2D eigenvalue weighted by atomic mass is 16.5. The van der Waals surface area contributed by atoms with E-state index in [-0.39, 0.29) is 6.23 Å². The van der Waals surface area contributed by atoms with Crippen LogP contribution in [0.25, 0.3) is 6.08 Å². The number of likely N-dealkylation sites (N-methyl/N-ethyl adjacent to an activating group) is 1. The Morgan fingerprint density at radius 2 is 1.94 bits per heavy atom. The fourth-order valence-corrected chi connectivity index (χ4v) is 1.48. The van der Waals surface area contributed by atoms with Crippen LogP contribution in [0, 0.1) is 0 Å². The molecule has 0 amide bonds. The van der Waals surface area contributed by atoms with Gasteiger partial charge in [-0.15, -0.1) is 0 Å². The zero-order valence-electron chi connectivity index (χ0n) is 11.1. The van der Waals surface area contributed by atoms with Crippen LogP contribution in [0.4, 0.5) is 0 Å². The molecule has 0 fully saturated rings. The zero-order valence-corrected chi connectivity index (χ0v) is 11.1. The normalized spacial score (nSPS) is 13.4. The number of unbranched alkanes of at least 4 members (excludes halogenated alkanes) is 1. The molecular formula is C15H23NO. The second-order valence-corrected chi connectivity index (χ2v) is 4.35. The molecule has 0 bridgehead atoms. The first-order valence-corrected chi connectivity index (χ1v) is 6.25. The maximum absolute atomic E-state index is 5.80. The van der Waals surface area contributed by atoms with Crippen LogP contribution in [-0.4, -0.2) is 31.8 Å². The summed E-state index contributed by atoms with van der Waals surface area (Å²) in [6.45, 7) is 2.99. The summed E-state index contributed by atoms with van der Waals surface area (Å²) >= 11 is 0. The van der Waals surface area contributed by atoms with Crippen molar-refractivity contribution < 1.29 is 4.74 Å². The van der Waals surface area contributed by atoms with Crippen LogP contribution in [0.3, 0.4) is 0 Å². The highest BCUT2D eigenvalue weighted by Crippen LogP contribution is 2.06. The van der Waals surface area contributed by atoms with E-state index in [1.807, 2.05) is 32.3 Å². The van der Waals surface area contributed by atoms with Crippen LogP contribution >= 0.6 is 0 Å². The minimum atomic E-state index is 0.0572. The molecule has 1 aromatic rings. The van der Waals surface area contributed by atoms with Crippen molar-refractivity contribution in [3.8, 4) is 0 Å². The number of rotatable bonds is 7. The Morgan fingerprint density at radius 1 is 1.24 bits per heavy atom. The Bertz CT molecular complexity index is 319. The number of ether oxygens (including phenoxy) is 1. The summed E-state index contributed by atoms with van der Waals surface area (Å²) in [7, 11) is 4.07. The van der Waals surface area contributed by atoms with Crippen LogP contribution in [0.1, 0.15) is 25.3 Å². The quantitative estimate of drug-likeness (QED) is 0.528. The van der Waals surface area contributed by atoms with Gasteiger partial charge in [0.25, 0.3) is 0 Å². The van der Waals surface area contributed by atoms with E-state index in [4.69, 9.17) is 4.74 Å². The lowest BCUT2D eigenvalue weighted by molar-refractivity contribution is -0.00290. The fourth-order valence-electron chi connectivity index (χ4n) is 1.48. The van der Waals surface area contributed by atoms with Crippen LogP contribution in [0.15, 0.2) is 36.4 Å². The van der Waals surface area contributed by atoms with Gasteiger partial charge in [-0.2, -0.15) is 0 Å². The molecule has 0 aliphatic carbocycles. The van der Waals surface area contributed by atoms with Gasteiger partial charge in [0, 0.05) is 6.61 Å². The molecule has 1 rings (SSSR count). The van der Waals surface area contributed by atoms with E-state index in [0.29, 0.717) is 0 Å². The third kappa shape index (κ3) is 5.66. The van der Waals surface area contributed by atoms with Gasteiger partial charge in [-0.1, -0.05) is 49.8 Å². The summed E-state index contributed by atoms with van der Waals surface area (Å²) in [5, 5.41) is 0. The van der Waals surface area contributed by atoms with E-state index < -0.39 is 0 Å². The average molecular weight is 233 g/mol. The molecule has 0 aliphatic heterocycles. The van der Waals surface area contributed by atoms with E-state index in [0.717, 1.165) is 13.0 Å². The van der Waals surface area contributed by atoms with Gasteiger partial charge in [-0.25, -0.2) is 0 Å². The maximum Gasteiger partial charge on any atom is 0.129 e. The number of benzene rings is 1. The van der Waals surface area contributed by atoms with E-state index in [1.165, 1.54) is 12.0 Å². The Morgan fingerprint density at radius 3 is 2.53 bits per heavy atom. The van der Waals surface area contributed by atoms with Crippen LogP contribution < -0.4 is 0 Å². The van der Waals surface area contributed by atoms with Crippen molar-refractivity contribution in [3.63, 3.8) is 0 Å². The Hall–Kier alpha value is -1.12. The zero-order chi connectivity index (χ0) is 12.5. The van der Waals surface area contributed by atoms with Crippen molar-refractivity contribution in [2.45, 2.75) is 26.0 Å². The molecule has 0 spiro atoms. The minimum absolute atomic E-state index is 0.0572. The fraction of sp³-hybridized carbons (Fsp3) is 0.467. The smallest absolute Gasteiger partial charge is 0.129 e. The van der Waals surface area contributed by atoms with E-state index in [9.17, 15) is 0 Å². The van der Waals surface area contributed by atoms with Gasteiger partial charge in [0.1, 0.15) is 6.23 Å². The third-order valence-electron chi connectivity index (χ3n) is 2.55. The van der Waals surface area contributed by atoms with Gasteiger partial charge >= 0.3 is 0 Å². The number of nitrogens with zero attached hydrogens (tertiary/aromatic N) is 1. The molecule has 2 nitrogen and oxygen atoms in total. The van der Waals surface area contributed by atoms with E-state index >= 15 is 0 Å². The van der Waals surface area contributed by atoms with Crippen molar-refractivity contribution in [3.05, 3.63) is 42.0 Å². The van der Waals surface area contributed by atoms with Crippen molar-refractivity contribution in [2.75, 3.05) is 20.7 Å². The van der Waals surface area contributed by atoms with Gasteiger partial charge in [0.15, 0.2) is 0 Å². The largest absolute Gasteiger partial charge is 0.359 e. The Kier molecular flexibility index (Phi) is 6.60. The summed E-state index contributed by atoms with van der Waals surface area (Å²) < 4.78 is 5.80. The lowest BCUT2D eigenvalue weighted by Gasteiger charge is -2.21. The summed E-state index contributed by atoms with van der Waals surface area (Å²) in [5.41, 5.74) is 1.21. The summed E-state index contributed by atoms with van der Waals surface area (Å²) in [4.78, 5) is 2.08. The molecular weight excluding hydrogens is 210 g/mol. The SMILES string of the molecule is CCCCOC(C=Cc1ccccc1)N(C)C. The van der Waals surface area contributed by atoms with Crippen molar-refractivity contribution >= 4 is 6.08 Å². The molecule has 94 valence electrons. The molecule has 0 aromatic heterocycles. The van der Waals surface area contributed by atoms with Gasteiger partial charge in [0.05, 0.1) is 0 Å². The van der Waals surface area contributed by atoms with E-state index in [2.05, 4.69) is 36.1 Å². The topological polar surface area (TPSA) is 12.5 Å². The first-order chi connectivity index (χ1) is 8.24. The lowest BCUT2D eigenvalue weighted by atomic mass is 10.2. The Balaban J connectivity index is 2.51. The van der Waals surface area contributed by atoms with Crippen LogP contribution in [0.5, 0.6) is 0 Å². The Labute approximate surface area is 105 Å². The molecule has 2 heteroatoms. The minimum Gasteiger partial charge on any atom is -0.359 e. The lowest BCUT2D eigenvalue weighted by Crippen LogP contribution is -2.29. The second kappa shape index (κ2) is 8.04. The molecule has 1 unspecified atom stereocenters. The molecule has 0 saturated carbocycles. The molecule has 1 aromatic carbocycles. The summed E-state index contributed by atoms with van der Waals surface area (Å²) in [6, 6.07) is 10.3. The van der Waals surface area contributed by atoms with E-state index in [1.54, 1.807) is 0 Å². The van der Waals surface area contributed by atoms with Crippen LogP contribution in [0.2, 0.25) is 0 Å². The van der Waals surface area contributed by atoms with Gasteiger partial charge < -0.3 is 4.74 Å². The monoisotopic (exact) mass is 233 g/mol. The molecule has 0 heterocycles. The van der Waals surface area contributed by atoms with Gasteiger partial charge in [0.2, 0.25) is 0 Å². The number of hydrogen-bond donors (Lipinski definition) is 0. The van der Waals surface area contributed by atoms with Gasteiger partial charge in [-0.05, 0) is 32.2 Å². The predicted molar refractivity (Wildman–Crippen MR) is 73.8 cm³/mol. The highest BCUT2D eigenvalue weighted by molar-refractivity contribution is 5.49. The standard InChI is InChI=1S/C15H23NO/c1-4-5-13-17-15(16(2)3)12-11-14-9-7-6-8-10-14/h6-12,15H,4-5,13H2,1-3H3. The van der Waals surface area contributed by atoms with Crippen molar-refractivity contribution in [1.29, 1.82) is 0 Å². The average Bonchev–Trinajstić information content (AvgIpc) is 2.34. The van der Waals surface area contributed by atoms with Gasteiger partial charge in [-0.3, -0.25) is 4.90 Å². The van der Waals surface area contributed by atoms with Crippen molar-refractivity contribution in [2.24, 2.45) is 0 Å². The maximum atomic E-state index is 5.80. The third-order valence-corrected chi connectivity index (χ3v) is 2.55. The molecule has 0 saturated heterocycles. The van der Waals surface area contributed by atoms with Crippen molar-refractivity contribution in [1.82, 2.24) is 4.90 Å². The summed E-state index contributed by atoms with van der Waals surface area (Å²) in [6.07, 6.45) is 6.55.